The van der Waals surface area contributed by atoms with E-state index in [4.69, 9.17) is 9.47 Å². The molecule has 0 spiro atoms. The molecule has 146 valence electrons. The molecule has 8 heteroatoms. The number of halogens is 2. The number of rotatable bonds is 6. The van der Waals surface area contributed by atoms with Gasteiger partial charge in [0.25, 0.3) is 0 Å². The van der Waals surface area contributed by atoms with E-state index in [1.54, 1.807) is 4.31 Å². The molecule has 0 N–H and O–H groups in total. The van der Waals surface area contributed by atoms with E-state index >= 15 is 0 Å². The van der Waals surface area contributed by atoms with Crippen molar-refractivity contribution in [2.24, 2.45) is 0 Å². The summed E-state index contributed by atoms with van der Waals surface area (Å²) in [5, 5.41) is 0. The van der Waals surface area contributed by atoms with Crippen molar-refractivity contribution in [3.63, 3.8) is 0 Å². The Hall–Kier alpha value is -0.930. The smallest absolute Gasteiger partial charge is 0.127 e. The highest BCUT2D eigenvalue weighted by atomic mass is 32.2. The lowest BCUT2D eigenvalue weighted by Crippen LogP contribution is -2.50. The molecule has 2 aliphatic rings. The Kier molecular flexibility index (Phi) is 7.11. The van der Waals surface area contributed by atoms with Gasteiger partial charge in [0, 0.05) is 45.0 Å². The van der Waals surface area contributed by atoms with Crippen LogP contribution in [0.25, 0.3) is 0 Å². The van der Waals surface area contributed by atoms with E-state index in [9.17, 15) is 13.0 Å². The number of morpholine rings is 1. The largest absolute Gasteiger partial charge is 0.381 e. The van der Waals surface area contributed by atoms with Crippen molar-refractivity contribution in [2.45, 2.75) is 36.8 Å². The Balaban J connectivity index is 1.61. The predicted molar refractivity (Wildman–Crippen MR) is 95.2 cm³/mol. The molecule has 5 nitrogen and oxygen atoms in total. The molecule has 2 unspecified atom stereocenters. The van der Waals surface area contributed by atoms with Gasteiger partial charge in [-0.1, -0.05) is 6.92 Å². The zero-order valence-electron chi connectivity index (χ0n) is 15.0. The van der Waals surface area contributed by atoms with Gasteiger partial charge in [-0.25, -0.2) is 17.3 Å². The quantitative estimate of drug-likeness (QED) is 0.749. The second kappa shape index (κ2) is 9.32. The fourth-order valence-corrected chi connectivity index (χ4v) is 4.85. The van der Waals surface area contributed by atoms with Crippen LogP contribution in [0.1, 0.15) is 19.8 Å². The van der Waals surface area contributed by atoms with Crippen LogP contribution in [-0.4, -0.2) is 71.6 Å². The summed E-state index contributed by atoms with van der Waals surface area (Å²) in [6, 6.07) is 3.53. The van der Waals surface area contributed by atoms with Crippen LogP contribution in [0.3, 0.4) is 0 Å². The van der Waals surface area contributed by atoms with Crippen molar-refractivity contribution >= 4 is 11.0 Å². The van der Waals surface area contributed by atoms with Gasteiger partial charge >= 0.3 is 0 Å². The second-order valence-electron chi connectivity index (χ2n) is 6.67. The summed E-state index contributed by atoms with van der Waals surface area (Å²) in [7, 11) is -1.60. The van der Waals surface area contributed by atoms with Crippen LogP contribution in [0.4, 0.5) is 8.78 Å². The van der Waals surface area contributed by atoms with Gasteiger partial charge in [0.15, 0.2) is 0 Å². The molecule has 0 aromatic heterocycles. The summed E-state index contributed by atoms with van der Waals surface area (Å²) >= 11 is 0. The minimum absolute atomic E-state index is 0.0751. The first kappa shape index (κ1) is 19.8. The number of hydrogen-bond acceptors (Lipinski definition) is 4. The Morgan fingerprint density at radius 1 is 1.19 bits per heavy atom. The summed E-state index contributed by atoms with van der Waals surface area (Å²) in [6.07, 6.45) is 1.95. The van der Waals surface area contributed by atoms with E-state index in [0.717, 1.165) is 57.3 Å². The van der Waals surface area contributed by atoms with Gasteiger partial charge in [0.1, 0.15) is 22.6 Å². The zero-order valence-corrected chi connectivity index (χ0v) is 15.9. The van der Waals surface area contributed by atoms with Gasteiger partial charge in [-0.3, -0.25) is 4.90 Å². The maximum atomic E-state index is 13.4. The maximum Gasteiger partial charge on any atom is 0.127 e. The van der Waals surface area contributed by atoms with Crippen LogP contribution in [0.5, 0.6) is 0 Å². The molecule has 1 aromatic rings. The molecular formula is C18H26F2N2O3S. The molecule has 0 amide bonds. The fraction of sp³-hybridized carbons (Fsp3) is 0.667. The number of benzene rings is 1. The number of nitrogens with zero attached hydrogens (tertiary/aromatic N) is 2. The van der Waals surface area contributed by atoms with Crippen LogP contribution in [0.2, 0.25) is 0 Å². The fourth-order valence-electron chi connectivity index (χ4n) is 3.58. The molecule has 0 aliphatic carbocycles. The SMILES string of the molecule is CCN(CC1CN(S(=O)c2cc(F)cc(F)c2)CCO1)C1CCOCC1. The summed E-state index contributed by atoms with van der Waals surface area (Å²) < 4.78 is 52.6. The van der Waals surface area contributed by atoms with Gasteiger partial charge in [0.05, 0.1) is 17.6 Å². The molecule has 3 rings (SSSR count). The number of ether oxygens (including phenoxy) is 2. The minimum Gasteiger partial charge on any atom is -0.381 e. The average Bonchev–Trinajstić information content (AvgIpc) is 2.65. The van der Waals surface area contributed by atoms with E-state index in [1.165, 1.54) is 0 Å². The standard InChI is InChI=1S/C18H26F2N2O3S/c1-2-21(16-3-6-24-7-4-16)12-17-13-22(5-8-25-17)26(23)18-10-14(19)9-15(20)11-18/h9-11,16-17H,2-8,12-13H2,1H3. The van der Waals surface area contributed by atoms with E-state index < -0.39 is 22.6 Å². The third kappa shape index (κ3) is 5.07. The number of likely N-dealkylation sites (N-methyl/N-ethyl adjacent to an activating group) is 1. The molecule has 2 aliphatic heterocycles. The van der Waals surface area contributed by atoms with Crippen LogP contribution in [0, 0.1) is 11.6 Å². The molecule has 1 aromatic carbocycles. The first-order valence-electron chi connectivity index (χ1n) is 9.13. The van der Waals surface area contributed by atoms with Gasteiger partial charge in [0.2, 0.25) is 0 Å². The highest BCUT2D eigenvalue weighted by molar-refractivity contribution is 7.82. The Bertz CT molecular complexity index is 608. The molecule has 2 atom stereocenters. The molecule has 2 fully saturated rings. The van der Waals surface area contributed by atoms with E-state index in [1.807, 2.05) is 0 Å². The van der Waals surface area contributed by atoms with Crippen molar-refractivity contribution in [3.05, 3.63) is 29.8 Å². The monoisotopic (exact) mass is 388 g/mol. The maximum absolute atomic E-state index is 13.4. The van der Waals surface area contributed by atoms with Gasteiger partial charge in [-0.05, 0) is 31.5 Å². The second-order valence-corrected chi connectivity index (χ2v) is 8.15. The molecule has 0 saturated carbocycles. The molecule has 2 heterocycles. The van der Waals surface area contributed by atoms with Crippen LogP contribution in [0.15, 0.2) is 23.1 Å². The van der Waals surface area contributed by atoms with Crippen molar-refractivity contribution < 1.29 is 22.5 Å². The lowest BCUT2D eigenvalue weighted by molar-refractivity contribution is -0.0371. The van der Waals surface area contributed by atoms with Crippen LogP contribution in [-0.2, 0) is 20.5 Å². The minimum atomic E-state index is -1.60. The van der Waals surface area contributed by atoms with E-state index in [2.05, 4.69) is 11.8 Å². The van der Waals surface area contributed by atoms with Gasteiger partial charge in [-0.15, -0.1) is 0 Å². The third-order valence-corrected chi connectivity index (χ3v) is 6.36. The topological polar surface area (TPSA) is 42.0 Å². The molecular weight excluding hydrogens is 362 g/mol. The van der Waals surface area contributed by atoms with E-state index in [0.29, 0.717) is 25.7 Å². The number of hydrogen-bond donors (Lipinski definition) is 0. The van der Waals surface area contributed by atoms with Gasteiger partial charge in [-0.2, -0.15) is 0 Å². The van der Waals surface area contributed by atoms with Crippen molar-refractivity contribution in [3.8, 4) is 0 Å². The normalized spacial score (nSPS) is 24.1. The summed E-state index contributed by atoms with van der Waals surface area (Å²) in [4.78, 5) is 2.54. The first-order valence-corrected chi connectivity index (χ1v) is 10.2. The van der Waals surface area contributed by atoms with Crippen molar-refractivity contribution in [2.75, 3.05) is 46.0 Å². The lowest BCUT2D eigenvalue weighted by Gasteiger charge is -2.38. The van der Waals surface area contributed by atoms with Crippen LogP contribution < -0.4 is 0 Å². The molecule has 0 radical (unpaired) electrons. The Morgan fingerprint density at radius 3 is 2.54 bits per heavy atom. The molecule has 2 saturated heterocycles. The first-order chi connectivity index (χ1) is 12.6. The predicted octanol–water partition coefficient (Wildman–Crippen LogP) is 2.19. The average molecular weight is 388 g/mol. The Morgan fingerprint density at radius 2 is 1.88 bits per heavy atom. The van der Waals surface area contributed by atoms with E-state index in [-0.39, 0.29) is 11.0 Å². The van der Waals surface area contributed by atoms with Crippen LogP contribution >= 0.6 is 0 Å². The molecule has 26 heavy (non-hydrogen) atoms. The summed E-state index contributed by atoms with van der Waals surface area (Å²) in [6.45, 7) is 6.79. The highest BCUT2D eigenvalue weighted by Crippen LogP contribution is 2.20. The highest BCUT2D eigenvalue weighted by Gasteiger charge is 2.29. The third-order valence-electron chi connectivity index (χ3n) is 4.93. The summed E-state index contributed by atoms with van der Waals surface area (Å²) in [5.41, 5.74) is 0. The zero-order chi connectivity index (χ0) is 18.5. The lowest BCUT2D eigenvalue weighted by atomic mass is 10.1. The van der Waals surface area contributed by atoms with Gasteiger partial charge < -0.3 is 9.47 Å². The Labute approximate surface area is 155 Å². The van der Waals surface area contributed by atoms with Crippen molar-refractivity contribution in [1.82, 2.24) is 9.21 Å². The summed E-state index contributed by atoms with van der Waals surface area (Å²) in [5.74, 6) is -1.43. The molecule has 0 bridgehead atoms. The van der Waals surface area contributed by atoms with Crippen molar-refractivity contribution in [1.29, 1.82) is 0 Å².